The van der Waals surface area contributed by atoms with Crippen molar-refractivity contribution in [2.75, 3.05) is 24.5 Å². The molecule has 0 aromatic carbocycles. The fourth-order valence-corrected chi connectivity index (χ4v) is 3.39. The van der Waals surface area contributed by atoms with Gasteiger partial charge in [0.15, 0.2) is 0 Å². The molecule has 4 nitrogen and oxygen atoms in total. The van der Waals surface area contributed by atoms with Gasteiger partial charge in [0.25, 0.3) is 0 Å². The van der Waals surface area contributed by atoms with E-state index in [1.807, 2.05) is 10.9 Å². The first-order valence-electron chi connectivity index (χ1n) is 7.31. The molecule has 2 fully saturated rings. The van der Waals surface area contributed by atoms with Crippen LogP contribution in [0.15, 0.2) is 12.4 Å². The third-order valence-electron chi connectivity index (χ3n) is 4.46. The number of hydrogen-bond acceptors (Lipinski definition) is 3. The van der Waals surface area contributed by atoms with Crippen molar-refractivity contribution in [3.05, 3.63) is 12.4 Å². The van der Waals surface area contributed by atoms with Crippen LogP contribution < -0.4 is 4.90 Å². The van der Waals surface area contributed by atoms with Crippen LogP contribution in [0, 0.1) is 0 Å². The minimum atomic E-state index is 0.605. The molecule has 2 aliphatic heterocycles. The quantitative estimate of drug-likeness (QED) is 0.799. The van der Waals surface area contributed by atoms with Gasteiger partial charge in [-0.15, -0.1) is 0 Å². The summed E-state index contributed by atoms with van der Waals surface area (Å²) in [4.78, 5) is 5.24. The normalized spacial score (nSPS) is 29.3. The van der Waals surface area contributed by atoms with Gasteiger partial charge in [0.1, 0.15) is 0 Å². The minimum Gasteiger partial charge on any atom is -0.363 e. The molecule has 100 valence electrons. The Balaban J connectivity index is 1.75. The van der Waals surface area contributed by atoms with Crippen LogP contribution in [0.5, 0.6) is 0 Å². The predicted octanol–water partition coefficient (Wildman–Crippen LogP) is 1.97. The van der Waals surface area contributed by atoms with Gasteiger partial charge in [-0.1, -0.05) is 6.42 Å². The molecule has 4 heteroatoms. The van der Waals surface area contributed by atoms with Crippen LogP contribution in [-0.2, 0) is 6.54 Å². The molecule has 0 bridgehead atoms. The number of hydrogen-bond donors (Lipinski definition) is 0. The van der Waals surface area contributed by atoms with E-state index in [9.17, 15) is 0 Å². The molecule has 3 rings (SSSR count). The molecule has 0 spiro atoms. The number of piperidine rings is 1. The topological polar surface area (TPSA) is 24.3 Å². The fourth-order valence-electron chi connectivity index (χ4n) is 3.39. The van der Waals surface area contributed by atoms with Gasteiger partial charge in [-0.05, 0) is 33.2 Å². The summed E-state index contributed by atoms with van der Waals surface area (Å²) < 4.78 is 2.02. The smallest absolute Gasteiger partial charge is 0.0755 e. The van der Waals surface area contributed by atoms with E-state index < -0.39 is 0 Å². The Morgan fingerprint density at radius 2 is 2.22 bits per heavy atom. The number of rotatable bonds is 2. The molecular weight excluding hydrogens is 224 g/mol. The lowest BCUT2D eigenvalue weighted by atomic mass is 9.97. The molecule has 2 atom stereocenters. The number of fused-ring (bicyclic) bond motifs is 1. The highest BCUT2D eigenvalue weighted by molar-refractivity contribution is 5.44. The van der Waals surface area contributed by atoms with E-state index in [0.29, 0.717) is 6.04 Å². The Hall–Kier alpha value is -1.03. The largest absolute Gasteiger partial charge is 0.363 e. The first-order valence-corrected chi connectivity index (χ1v) is 7.31. The van der Waals surface area contributed by atoms with Crippen molar-refractivity contribution in [3.63, 3.8) is 0 Å². The third kappa shape index (κ3) is 2.14. The molecule has 0 amide bonds. The zero-order chi connectivity index (χ0) is 12.5. The van der Waals surface area contributed by atoms with Gasteiger partial charge in [-0.2, -0.15) is 5.10 Å². The minimum absolute atomic E-state index is 0.605. The van der Waals surface area contributed by atoms with Gasteiger partial charge in [-0.25, -0.2) is 0 Å². The average molecular weight is 248 g/mol. The Morgan fingerprint density at radius 1 is 1.33 bits per heavy atom. The van der Waals surface area contributed by atoms with Gasteiger partial charge in [0.2, 0.25) is 0 Å². The molecule has 0 N–H and O–H groups in total. The number of anilines is 1. The summed E-state index contributed by atoms with van der Waals surface area (Å²) in [6.07, 6.45) is 8.37. The van der Waals surface area contributed by atoms with Gasteiger partial charge < -0.3 is 4.90 Å². The lowest BCUT2D eigenvalue weighted by Gasteiger charge is -2.48. The Bertz CT molecular complexity index is 400. The van der Waals surface area contributed by atoms with E-state index in [4.69, 9.17) is 0 Å². The molecule has 18 heavy (non-hydrogen) atoms. The summed E-state index contributed by atoms with van der Waals surface area (Å²) in [7, 11) is 0. The van der Waals surface area contributed by atoms with Crippen molar-refractivity contribution >= 4 is 5.69 Å². The number of aryl methyl sites for hydroxylation is 1. The monoisotopic (exact) mass is 248 g/mol. The summed E-state index contributed by atoms with van der Waals surface area (Å²) in [5.41, 5.74) is 1.30. The molecule has 2 unspecified atom stereocenters. The van der Waals surface area contributed by atoms with Crippen LogP contribution >= 0.6 is 0 Å². The molecule has 1 aromatic rings. The molecule has 0 aliphatic carbocycles. The first kappa shape index (κ1) is 12.0. The van der Waals surface area contributed by atoms with Crippen LogP contribution in [0.2, 0.25) is 0 Å². The van der Waals surface area contributed by atoms with E-state index in [0.717, 1.165) is 12.6 Å². The summed E-state index contributed by atoms with van der Waals surface area (Å²) in [6.45, 7) is 9.13. The zero-order valence-corrected chi connectivity index (χ0v) is 11.5. The summed E-state index contributed by atoms with van der Waals surface area (Å²) in [6, 6.07) is 1.37. The van der Waals surface area contributed by atoms with E-state index in [-0.39, 0.29) is 0 Å². The SMILES string of the molecule is CCn1cc(N2CC3CCCCN3CC2C)cn1. The molecule has 1 aromatic heterocycles. The van der Waals surface area contributed by atoms with Crippen LogP contribution in [0.4, 0.5) is 5.69 Å². The highest BCUT2D eigenvalue weighted by Crippen LogP contribution is 2.27. The lowest BCUT2D eigenvalue weighted by molar-refractivity contribution is 0.115. The first-order chi connectivity index (χ1) is 8.78. The number of nitrogens with zero attached hydrogens (tertiary/aromatic N) is 4. The average Bonchev–Trinajstić information content (AvgIpc) is 2.86. The molecule has 0 radical (unpaired) electrons. The second kappa shape index (κ2) is 4.92. The maximum atomic E-state index is 4.41. The summed E-state index contributed by atoms with van der Waals surface area (Å²) in [5, 5.41) is 4.41. The Labute approximate surface area is 110 Å². The number of aromatic nitrogens is 2. The van der Waals surface area contributed by atoms with Crippen LogP contribution in [0.1, 0.15) is 33.1 Å². The van der Waals surface area contributed by atoms with Crippen molar-refractivity contribution < 1.29 is 0 Å². The van der Waals surface area contributed by atoms with Crippen molar-refractivity contribution in [2.24, 2.45) is 0 Å². The van der Waals surface area contributed by atoms with E-state index >= 15 is 0 Å². The predicted molar refractivity (Wildman–Crippen MR) is 73.9 cm³/mol. The van der Waals surface area contributed by atoms with Crippen molar-refractivity contribution in [3.8, 4) is 0 Å². The summed E-state index contributed by atoms with van der Waals surface area (Å²) in [5.74, 6) is 0. The van der Waals surface area contributed by atoms with E-state index in [1.165, 1.54) is 44.6 Å². The maximum absolute atomic E-state index is 4.41. The van der Waals surface area contributed by atoms with Gasteiger partial charge in [0.05, 0.1) is 11.9 Å². The van der Waals surface area contributed by atoms with Crippen LogP contribution in [0.25, 0.3) is 0 Å². The third-order valence-corrected chi connectivity index (χ3v) is 4.46. The second-order valence-corrected chi connectivity index (χ2v) is 5.70. The fraction of sp³-hybridized carbons (Fsp3) is 0.786. The van der Waals surface area contributed by atoms with Gasteiger partial charge in [0, 0.05) is 37.9 Å². The van der Waals surface area contributed by atoms with Gasteiger partial charge in [-0.3, -0.25) is 9.58 Å². The van der Waals surface area contributed by atoms with Crippen LogP contribution in [-0.4, -0.2) is 46.4 Å². The maximum Gasteiger partial charge on any atom is 0.0755 e. The van der Waals surface area contributed by atoms with Crippen LogP contribution in [0.3, 0.4) is 0 Å². The highest BCUT2D eigenvalue weighted by Gasteiger charge is 2.33. The van der Waals surface area contributed by atoms with Gasteiger partial charge >= 0.3 is 0 Å². The van der Waals surface area contributed by atoms with Crippen molar-refractivity contribution in [1.29, 1.82) is 0 Å². The van der Waals surface area contributed by atoms with Crippen molar-refractivity contribution in [2.45, 2.75) is 51.7 Å². The second-order valence-electron chi connectivity index (χ2n) is 5.70. The number of piperazine rings is 1. The molecule has 0 saturated carbocycles. The van der Waals surface area contributed by atoms with E-state index in [1.54, 1.807) is 0 Å². The lowest BCUT2D eigenvalue weighted by Crippen LogP contribution is -2.58. The summed E-state index contributed by atoms with van der Waals surface area (Å²) >= 11 is 0. The highest BCUT2D eigenvalue weighted by atomic mass is 15.3. The van der Waals surface area contributed by atoms with Crippen molar-refractivity contribution in [1.82, 2.24) is 14.7 Å². The molecule has 3 heterocycles. The molecule has 2 aliphatic rings. The van der Waals surface area contributed by atoms with E-state index in [2.05, 4.69) is 34.9 Å². The Morgan fingerprint density at radius 3 is 3.00 bits per heavy atom. The Kier molecular flexibility index (Phi) is 3.29. The molecule has 2 saturated heterocycles. The molecular formula is C14H24N4. The standard InChI is InChI=1S/C14H24N4/c1-3-17-10-14(8-15-17)18-11-13-6-4-5-7-16(13)9-12(18)2/h8,10,12-13H,3-7,9,11H2,1-2H3. The zero-order valence-electron chi connectivity index (χ0n) is 11.5.